The number of allylic oxidation sites excluding steroid dienone is 2. The monoisotopic (exact) mass is 497 g/mol. The van der Waals surface area contributed by atoms with Gasteiger partial charge in [0.1, 0.15) is 0 Å². The third-order valence-corrected chi connectivity index (χ3v) is 2.88. The molecule has 0 radical (unpaired) electrons. The van der Waals surface area contributed by atoms with Crippen LogP contribution in [0.25, 0.3) is 0 Å². The highest BCUT2D eigenvalue weighted by molar-refractivity contribution is 5.86. The van der Waals surface area contributed by atoms with Crippen LogP contribution in [0.1, 0.15) is 137 Å². The Kier molecular flexibility index (Phi) is 24.8. The van der Waals surface area contributed by atoms with Gasteiger partial charge in [0.2, 0.25) is 0 Å². The van der Waals surface area contributed by atoms with Gasteiger partial charge in [-0.1, -0.05) is 136 Å². The van der Waals surface area contributed by atoms with Gasteiger partial charge in [-0.25, -0.2) is 4.79 Å². The van der Waals surface area contributed by atoms with E-state index in [9.17, 15) is 4.79 Å². The molecule has 0 heterocycles. The first kappa shape index (κ1) is 43.7. The number of rotatable bonds is 4. The topological polar surface area (TPSA) is 26.3 Å². The zero-order valence-electron chi connectivity index (χ0n) is 27.7. The third-order valence-electron chi connectivity index (χ3n) is 2.88. The van der Waals surface area contributed by atoms with Gasteiger partial charge in [0.15, 0.2) is 0 Å². The number of carbonyl (C=O) groups is 1. The zero-order valence-corrected chi connectivity index (χ0v) is 27.7. The van der Waals surface area contributed by atoms with Crippen molar-refractivity contribution >= 4 is 5.97 Å². The van der Waals surface area contributed by atoms with Crippen molar-refractivity contribution in [3.8, 4) is 0 Å². The van der Waals surface area contributed by atoms with Crippen molar-refractivity contribution in [1.82, 2.24) is 0 Å². The second-order valence-electron chi connectivity index (χ2n) is 15.7. The molecule has 0 rings (SSSR count). The molecule has 0 unspecified atom stereocenters. The van der Waals surface area contributed by atoms with Gasteiger partial charge in [0.05, 0.1) is 6.61 Å². The van der Waals surface area contributed by atoms with E-state index >= 15 is 0 Å². The summed E-state index contributed by atoms with van der Waals surface area (Å²) in [7, 11) is 0. The Morgan fingerprint density at radius 2 is 0.886 bits per heavy atom. The van der Waals surface area contributed by atoms with Crippen molar-refractivity contribution in [3.63, 3.8) is 0 Å². The van der Waals surface area contributed by atoms with Crippen LogP contribution >= 0.6 is 0 Å². The molecular weight excluding hydrogens is 428 g/mol. The third kappa shape index (κ3) is 111. The molecule has 0 N–H and O–H groups in total. The van der Waals surface area contributed by atoms with E-state index < -0.39 is 0 Å². The van der Waals surface area contributed by atoms with E-state index in [0.717, 1.165) is 12.8 Å². The SMILES string of the molecule is C=C(C)C(=O)OCCCC(C)(C)C.C=CC(C)(C)C.C=CC(C)(C)C.CC(C)(C)C.CC(C)(C)C. The molecule has 0 aromatic heterocycles. The van der Waals surface area contributed by atoms with E-state index in [1.165, 1.54) is 0 Å². The lowest BCUT2D eigenvalue weighted by molar-refractivity contribution is -0.139. The Hall–Kier alpha value is -1.31. The summed E-state index contributed by atoms with van der Waals surface area (Å²) in [6, 6.07) is 0. The highest BCUT2D eigenvalue weighted by atomic mass is 16.5. The van der Waals surface area contributed by atoms with Crippen molar-refractivity contribution in [1.29, 1.82) is 0 Å². The summed E-state index contributed by atoms with van der Waals surface area (Å²) >= 11 is 0. The highest BCUT2D eigenvalue weighted by Crippen LogP contribution is 2.20. The molecule has 0 bridgehead atoms. The molecule has 212 valence electrons. The molecule has 0 spiro atoms. The van der Waals surface area contributed by atoms with E-state index in [0.29, 0.717) is 39.3 Å². The molecule has 0 saturated carbocycles. The van der Waals surface area contributed by atoms with Crippen LogP contribution < -0.4 is 0 Å². The predicted octanol–water partition coefficient (Wildman–Crippen LogP) is 11.5. The van der Waals surface area contributed by atoms with Crippen molar-refractivity contribution in [2.75, 3.05) is 6.61 Å². The number of hydrogen-bond donors (Lipinski definition) is 0. The normalized spacial score (nSPS) is 11.4. The quantitative estimate of drug-likeness (QED) is 0.167. The minimum absolute atomic E-state index is 0.283. The van der Waals surface area contributed by atoms with E-state index in [2.05, 4.69) is 137 Å². The predicted molar refractivity (Wildman–Crippen MR) is 164 cm³/mol. The molecular formula is C33H68O2. The highest BCUT2D eigenvalue weighted by Gasteiger charge is 2.10. The zero-order chi connectivity index (χ0) is 29.9. The largest absolute Gasteiger partial charge is 0.462 e. The molecule has 2 nitrogen and oxygen atoms in total. The first-order valence-corrected chi connectivity index (χ1v) is 13.0. The van der Waals surface area contributed by atoms with Crippen LogP contribution in [0.3, 0.4) is 0 Å². The summed E-state index contributed by atoms with van der Waals surface area (Å²) in [6.07, 6.45) is 5.86. The fourth-order valence-corrected chi connectivity index (χ4v) is 0.891. The molecule has 35 heavy (non-hydrogen) atoms. The number of esters is 1. The van der Waals surface area contributed by atoms with Crippen LogP contribution in [0.4, 0.5) is 0 Å². The Bertz CT molecular complexity index is 502. The van der Waals surface area contributed by atoms with Crippen LogP contribution in [0, 0.1) is 27.1 Å². The summed E-state index contributed by atoms with van der Waals surface area (Å²) in [5, 5.41) is 0. The summed E-state index contributed by atoms with van der Waals surface area (Å²) in [5.41, 5.74) is 2.39. The summed E-state index contributed by atoms with van der Waals surface area (Å²) in [4.78, 5) is 10.9. The smallest absolute Gasteiger partial charge is 0.333 e. The molecule has 0 aromatic carbocycles. The lowest BCUT2D eigenvalue weighted by atomic mass is 9.91. The van der Waals surface area contributed by atoms with Gasteiger partial charge >= 0.3 is 5.97 Å². The Balaban J connectivity index is -0.000000116. The maximum Gasteiger partial charge on any atom is 0.333 e. The van der Waals surface area contributed by atoms with Crippen LogP contribution in [-0.4, -0.2) is 12.6 Å². The Morgan fingerprint density at radius 1 is 0.657 bits per heavy atom. The van der Waals surface area contributed by atoms with Crippen molar-refractivity contribution in [2.24, 2.45) is 27.1 Å². The van der Waals surface area contributed by atoms with Gasteiger partial charge in [0.25, 0.3) is 0 Å². The van der Waals surface area contributed by atoms with E-state index in [1.54, 1.807) is 6.92 Å². The molecule has 0 aliphatic carbocycles. The van der Waals surface area contributed by atoms with Gasteiger partial charge in [0, 0.05) is 5.57 Å². The van der Waals surface area contributed by atoms with Gasteiger partial charge in [-0.05, 0) is 46.8 Å². The van der Waals surface area contributed by atoms with Crippen LogP contribution in [0.5, 0.6) is 0 Å². The summed E-state index contributed by atoms with van der Waals surface area (Å²) in [5.74, 6) is -0.283. The maximum atomic E-state index is 10.9. The van der Waals surface area contributed by atoms with Gasteiger partial charge in [-0.3, -0.25) is 0 Å². The first-order chi connectivity index (χ1) is 14.9. The molecule has 0 aliphatic heterocycles. The maximum absolute atomic E-state index is 10.9. The number of ether oxygens (including phenoxy) is 1. The van der Waals surface area contributed by atoms with Gasteiger partial charge in [-0.15, -0.1) is 13.2 Å². The molecule has 2 heteroatoms. The second-order valence-corrected chi connectivity index (χ2v) is 15.7. The van der Waals surface area contributed by atoms with Gasteiger partial charge < -0.3 is 4.74 Å². The minimum atomic E-state index is -0.283. The average molecular weight is 497 g/mol. The number of hydrogen-bond acceptors (Lipinski definition) is 2. The number of carbonyl (C=O) groups excluding carboxylic acids is 1. The second kappa shape index (κ2) is 19.8. The van der Waals surface area contributed by atoms with Crippen LogP contribution in [-0.2, 0) is 9.53 Å². The van der Waals surface area contributed by atoms with E-state index in [-0.39, 0.29) is 5.97 Å². The fraction of sp³-hybridized carbons (Fsp3) is 0.788. The molecule has 0 fully saturated rings. The lowest BCUT2D eigenvalue weighted by Crippen LogP contribution is -2.10. The van der Waals surface area contributed by atoms with E-state index in [1.807, 2.05) is 12.2 Å². The summed E-state index contributed by atoms with van der Waals surface area (Å²) in [6.45, 7) is 49.7. The standard InChI is InChI=1S/C11H20O2.2C6H12.2C5H12/c1-9(2)10(12)13-8-6-7-11(3,4)5;2*1-5-6(2,3)4;2*1-5(2,3)4/h1,6-8H2,2-5H3;2*5H,1H2,2-4H3;2*1-4H3. The van der Waals surface area contributed by atoms with Crippen LogP contribution in [0.15, 0.2) is 37.5 Å². The van der Waals surface area contributed by atoms with Gasteiger partial charge in [-0.2, -0.15) is 0 Å². The minimum Gasteiger partial charge on any atom is -0.462 e. The van der Waals surface area contributed by atoms with E-state index in [4.69, 9.17) is 4.74 Å². The molecule has 0 aromatic rings. The van der Waals surface area contributed by atoms with Crippen molar-refractivity contribution < 1.29 is 9.53 Å². The fourth-order valence-electron chi connectivity index (χ4n) is 0.891. The Morgan fingerprint density at radius 3 is 1.03 bits per heavy atom. The Labute approximate surface area is 224 Å². The van der Waals surface area contributed by atoms with Crippen LogP contribution in [0.2, 0.25) is 0 Å². The summed E-state index contributed by atoms with van der Waals surface area (Å²) < 4.78 is 4.96. The van der Waals surface area contributed by atoms with Crippen molar-refractivity contribution in [2.45, 2.75) is 137 Å². The molecule has 0 amide bonds. The molecule has 0 atom stereocenters. The molecule has 0 saturated heterocycles. The molecule has 0 aliphatic rings. The van der Waals surface area contributed by atoms with Crippen molar-refractivity contribution in [3.05, 3.63) is 37.5 Å². The average Bonchev–Trinajstić information content (AvgIpc) is 2.54. The lowest BCUT2D eigenvalue weighted by Gasteiger charge is -2.17. The first-order valence-electron chi connectivity index (χ1n) is 13.0.